The maximum Gasteiger partial charge on any atom is 0.272 e. The highest BCUT2D eigenvalue weighted by atomic mass is 19.1. The summed E-state index contributed by atoms with van der Waals surface area (Å²) >= 11 is 0. The van der Waals surface area contributed by atoms with Crippen molar-refractivity contribution in [3.63, 3.8) is 0 Å². The zero-order valence-electron chi connectivity index (χ0n) is 10.00. The maximum absolute atomic E-state index is 13.5. The molecule has 0 fully saturated rings. The molecule has 1 aromatic carbocycles. The summed E-state index contributed by atoms with van der Waals surface area (Å²) in [5.74, 6) is -0.177. The number of halogens is 1. The van der Waals surface area contributed by atoms with Crippen LogP contribution < -0.4 is 4.74 Å². The molecule has 0 unspecified atom stereocenters. The fourth-order valence-electron chi connectivity index (χ4n) is 1.35. The van der Waals surface area contributed by atoms with Crippen molar-refractivity contribution in [2.45, 2.75) is 20.0 Å². The summed E-state index contributed by atoms with van der Waals surface area (Å²) in [6.45, 7) is 1.77. The second-order valence-corrected chi connectivity index (χ2v) is 3.62. The molecule has 100 valence electrons. The second kappa shape index (κ2) is 5.42. The summed E-state index contributed by atoms with van der Waals surface area (Å²) in [5, 5.41) is 14.1. The quantitative estimate of drug-likeness (QED) is 0.609. The van der Waals surface area contributed by atoms with Crippen molar-refractivity contribution >= 4 is 5.69 Å². The van der Waals surface area contributed by atoms with Crippen molar-refractivity contribution in [2.75, 3.05) is 0 Å². The molecular weight excluding hydrogens is 257 g/mol. The van der Waals surface area contributed by atoms with Crippen LogP contribution in [0.15, 0.2) is 22.7 Å². The van der Waals surface area contributed by atoms with Gasteiger partial charge in [-0.05, 0) is 6.07 Å². The Labute approximate surface area is 107 Å². The molecule has 0 aliphatic carbocycles. The van der Waals surface area contributed by atoms with Gasteiger partial charge in [0.1, 0.15) is 0 Å². The molecule has 8 heteroatoms. The molecule has 0 saturated heterocycles. The number of aryl methyl sites for hydroxylation is 1. The van der Waals surface area contributed by atoms with E-state index in [1.54, 1.807) is 0 Å². The summed E-state index contributed by atoms with van der Waals surface area (Å²) in [6.07, 6.45) is 0.620. The lowest BCUT2D eigenvalue weighted by Gasteiger charge is -2.03. The number of aromatic nitrogens is 2. The average Bonchev–Trinajstić information content (AvgIpc) is 2.85. The molecule has 0 aliphatic heterocycles. The third-order valence-corrected chi connectivity index (χ3v) is 2.30. The minimum Gasteiger partial charge on any atom is -0.481 e. The largest absolute Gasteiger partial charge is 0.481 e. The van der Waals surface area contributed by atoms with Gasteiger partial charge in [0.25, 0.3) is 11.6 Å². The van der Waals surface area contributed by atoms with Gasteiger partial charge in [-0.1, -0.05) is 12.1 Å². The lowest BCUT2D eigenvalue weighted by Crippen LogP contribution is -1.99. The normalized spacial score (nSPS) is 10.4. The van der Waals surface area contributed by atoms with Crippen LogP contribution in [0.5, 0.6) is 5.75 Å². The molecule has 2 rings (SSSR count). The van der Waals surface area contributed by atoms with Crippen LogP contribution in [0.2, 0.25) is 0 Å². The van der Waals surface area contributed by atoms with E-state index in [1.165, 1.54) is 6.07 Å². The van der Waals surface area contributed by atoms with Gasteiger partial charge in [0.2, 0.25) is 0 Å². The van der Waals surface area contributed by atoms with Crippen LogP contribution in [0.4, 0.5) is 10.1 Å². The third kappa shape index (κ3) is 3.03. The van der Waals surface area contributed by atoms with Crippen molar-refractivity contribution in [3.8, 4) is 5.75 Å². The summed E-state index contributed by atoms with van der Waals surface area (Å²) in [7, 11) is 0. The number of hydrogen-bond acceptors (Lipinski definition) is 6. The second-order valence-electron chi connectivity index (χ2n) is 3.62. The van der Waals surface area contributed by atoms with Gasteiger partial charge in [0.15, 0.2) is 24.0 Å². The van der Waals surface area contributed by atoms with E-state index in [0.29, 0.717) is 12.2 Å². The number of non-ortho nitro benzene ring substituents is 1. The van der Waals surface area contributed by atoms with Crippen LogP contribution in [0.1, 0.15) is 18.6 Å². The van der Waals surface area contributed by atoms with E-state index < -0.39 is 10.7 Å². The lowest BCUT2D eigenvalue weighted by atomic mass is 10.3. The topological polar surface area (TPSA) is 91.3 Å². The summed E-state index contributed by atoms with van der Waals surface area (Å²) in [5.41, 5.74) is -0.337. The average molecular weight is 267 g/mol. The fraction of sp³-hybridized carbons (Fsp3) is 0.273. The fourth-order valence-corrected chi connectivity index (χ4v) is 1.35. The molecule has 0 aliphatic rings. The molecular formula is C11H10FN3O4. The summed E-state index contributed by atoms with van der Waals surface area (Å²) in [4.78, 5) is 13.7. The van der Waals surface area contributed by atoms with Gasteiger partial charge < -0.3 is 9.26 Å². The zero-order chi connectivity index (χ0) is 13.8. The van der Waals surface area contributed by atoms with Gasteiger partial charge >= 0.3 is 0 Å². The first-order chi connectivity index (χ1) is 9.10. The van der Waals surface area contributed by atoms with Crippen molar-refractivity contribution in [2.24, 2.45) is 0 Å². The highest BCUT2D eigenvalue weighted by Crippen LogP contribution is 2.23. The number of nitro benzene ring substituents is 1. The number of nitrogens with zero attached hydrogens (tertiary/aromatic N) is 3. The van der Waals surface area contributed by atoms with Crippen LogP contribution in [0.3, 0.4) is 0 Å². The van der Waals surface area contributed by atoms with Gasteiger partial charge in [-0.15, -0.1) is 0 Å². The van der Waals surface area contributed by atoms with Gasteiger partial charge in [-0.2, -0.15) is 4.98 Å². The van der Waals surface area contributed by atoms with Gasteiger partial charge in [-0.25, -0.2) is 4.39 Å². The Morgan fingerprint density at radius 1 is 1.53 bits per heavy atom. The first kappa shape index (κ1) is 12.9. The van der Waals surface area contributed by atoms with Gasteiger partial charge in [0, 0.05) is 12.5 Å². The molecule has 1 heterocycles. The molecule has 0 atom stereocenters. The van der Waals surface area contributed by atoms with Crippen molar-refractivity contribution in [1.29, 1.82) is 0 Å². The van der Waals surface area contributed by atoms with E-state index in [1.807, 2.05) is 6.92 Å². The highest BCUT2D eigenvalue weighted by Gasteiger charge is 2.13. The third-order valence-electron chi connectivity index (χ3n) is 2.30. The van der Waals surface area contributed by atoms with Crippen LogP contribution in [-0.2, 0) is 13.0 Å². The van der Waals surface area contributed by atoms with Crippen LogP contribution >= 0.6 is 0 Å². The Hall–Kier alpha value is -2.51. The Kier molecular flexibility index (Phi) is 3.69. The lowest BCUT2D eigenvalue weighted by molar-refractivity contribution is -0.385. The van der Waals surface area contributed by atoms with E-state index in [0.717, 1.165) is 12.1 Å². The predicted octanol–water partition coefficient (Wildman–Crippen LogP) is 2.26. The van der Waals surface area contributed by atoms with E-state index >= 15 is 0 Å². The number of hydrogen-bond donors (Lipinski definition) is 0. The molecule has 2 aromatic rings. The SMILES string of the molecule is CCc1noc(COc2ccc([N+](=O)[O-])cc2F)n1. The van der Waals surface area contributed by atoms with E-state index in [9.17, 15) is 14.5 Å². The minimum atomic E-state index is -0.815. The van der Waals surface area contributed by atoms with Crippen molar-refractivity contribution in [3.05, 3.63) is 45.8 Å². The molecule has 0 N–H and O–H groups in total. The van der Waals surface area contributed by atoms with Crippen molar-refractivity contribution < 1.29 is 18.6 Å². The smallest absolute Gasteiger partial charge is 0.272 e. The Morgan fingerprint density at radius 2 is 2.32 bits per heavy atom. The molecule has 7 nitrogen and oxygen atoms in total. The van der Waals surface area contributed by atoms with E-state index in [-0.39, 0.29) is 23.9 Å². The highest BCUT2D eigenvalue weighted by molar-refractivity contribution is 5.37. The number of rotatable bonds is 5. The number of nitro groups is 1. The summed E-state index contributed by atoms with van der Waals surface area (Å²) < 4.78 is 23.5. The molecule has 0 spiro atoms. The molecule has 0 amide bonds. The Balaban J connectivity index is 2.05. The molecule has 1 aromatic heterocycles. The standard InChI is InChI=1S/C11H10FN3O4/c1-2-10-13-11(19-14-10)6-18-9-4-3-7(15(16)17)5-8(9)12/h3-5H,2,6H2,1H3. The zero-order valence-corrected chi connectivity index (χ0v) is 10.00. The van der Waals surface area contributed by atoms with E-state index in [4.69, 9.17) is 9.26 Å². The van der Waals surface area contributed by atoms with Crippen LogP contribution in [0, 0.1) is 15.9 Å². The maximum atomic E-state index is 13.5. The van der Waals surface area contributed by atoms with E-state index in [2.05, 4.69) is 10.1 Å². The first-order valence-electron chi connectivity index (χ1n) is 5.48. The molecule has 0 radical (unpaired) electrons. The minimum absolute atomic E-state index is 0.0955. The molecule has 0 bridgehead atoms. The summed E-state index contributed by atoms with van der Waals surface area (Å²) in [6, 6.07) is 3.13. The Morgan fingerprint density at radius 3 is 2.89 bits per heavy atom. The van der Waals surface area contributed by atoms with Gasteiger partial charge in [0.05, 0.1) is 11.0 Å². The Bertz CT molecular complexity index is 599. The predicted molar refractivity (Wildman–Crippen MR) is 61.1 cm³/mol. The molecule has 0 saturated carbocycles. The van der Waals surface area contributed by atoms with Crippen molar-refractivity contribution in [1.82, 2.24) is 10.1 Å². The van der Waals surface area contributed by atoms with Gasteiger partial charge in [-0.3, -0.25) is 10.1 Å². The van der Waals surface area contributed by atoms with Crippen LogP contribution in [-0.4, -0.2) is 15.1 Å². The monoisotopic (exact) mass is 267 g/mol. The molecule has 19 heavy (non-hydrogen) atoms. The van der Waals surface area contributed by atoms with Crippen LogP contribution in [0.25, 0.3) is 0 Å². The number of benzene rings is 1. The first-order valence-corrected chi connectivity index (χ1v) is 5.48. The number of ether oxygens (including phenoxy) is 1.